The van der Waals surface area contributed by atoms with Crippen molar-refractivity contribution in [1.82, 2.24) is 9.78 Å². The maximum atomic E-state index is 14.0. The van der Waals surface area contributed by atoms with Crippen LogP contribution in [0.1, 0.15) is 68.6 Å². The zero-order valence-corrected chi connectivity index (χ0v) is 20.4. The number of ether oxygens (including phenoxy) is 1. The first-order valence-electron chi connectivity index (χ1n) is 11.6. The Morgan fingerprint density at radius 2 is 2.05 bits per heavy atom. The lowest BCUT2D eigenvalue weighted by molar-refractivity contribution is -0.173. The van der Waals surface area contributed by atoms with Gasteiger partial charge in [0, 0.05) is 11.3 Å². The van der Waals surface area contributed by atoms with Crippen molar-refractivity contribution in [1.29, 1.82) is 0 Å². The fourth-order valence-electron chi connectivity index (χ4n) is 4.79. The minimum Gasteiger partial charge on any atom is -0.504 e. The molecule has 0 bridgehead atoms. The van der Waals surface area contributed by atoms with Crippen LogP contribution in [0.4, 0.5) is 24.0 Å². The molecule has 1 aliphatic carbocycles. The molecule has 2 atom stereocenters. The summed E-state index contributed by atoms with van der Waals surface area (Å²) in [5, 5.41) is 29.2. The molecular formula is C24H23F3N4O5S. The molecule has 5 rings (SSSR count). The van der Waals surface area contributed by atoms with Crippen LogP contribution in [0.2, 0.25) is 0 Å². The second-order valence-electron chi connectivity index (χ2n) is 8.83. The molecule has 2 aromatic heterocycles. The Morgan fingerprint density at radius 3 is 2.76 bits per heavy atom. The highest BCUT2D eigenvalue weighted by Gasteiger charge is 2.47. The standard InChI is InChI=1S/C24H23F3N4O5S/c1-2-36-23(35)19-12-4-3-5-17(12)37-22(19)30-21(34)13-10-28-31-18(24(25,26)27)9-14(29-20(13)31)11-6-7-15(32)16(33)8-11/h6-8,10,14,18,29,32-33H,2-5,9H2,1H3,(H,30,34). The molecule has 0 saturated heterocycles. The van der Waals surface area contributed by atoms with Gasteiger partial charge in [0.2, 0.25) is 0 Å². The summed E-state index contributed by atoms with van der Waals surface area (Å²) < 4.78 is 47.9. The number of thiophene rings is 1. The third-order valence-corrected chi connectivity index (χ3v) is 7.72. The first kappa shape index (κ1) is 24.9. The summed E-state index contributed by atoms with van der Waals surface area (Å²) in [6, 6.07) is 0.776. The van der Waals surface area contributed by atoms with Crippen molar-refractivity contribution in [3.8, 4) is 11.5 Å². The molecule has 2 unspecified atom stereocenters. The number of rotatable bonds is 5. The Kier molecular flexibility index (Phi) is 6.26. The number of hydrogen-bond acceptors (Lipinski definition) is 8. The number of aryl methyl sites for hydroxylation is 1. The molecule has 1 aromatic carbocycles. The van der Waals surface area contributed by atoms with Crippen LogP contribution in [0.5, 0.6) is 11.5 Å². The minimum absolute atomic E-state index is 0.134. The summed E-state index contributed by atoms with van der Waals surface area (Å²) in [5.41, 5.74) is 1.28. The highest BCUT2D eigenvalue weighted by molar-refractivity contribution is 7.17. The molecule has 3 aromatic rings. The normalized spacial score (nSPS) is 18.6. The van der Waals surface area contributed by atoms with Gasteiger partial charge in [-0.1, -0.05) is 6.07 Å². The Balaban J connectivity index is 1.49. The number of fused-ring (bicyclic) bond motifs is 2. The van der Waals surface area contributed by atoms with Crippen molar-refractivity contribution in [3.05, 3.63) is 51.5 Å². The highest BCUT2D eigenvalue weighted by Crippen LogP contribution is 2.46. The smallest absolute Gasteiger partial charge is 0.410 e. The van der Waals surface area contributed by atoms with E-state index in [4.69, 9.17) is 4.74 Å². The Labute approximate surface area is 212 Å². The number of aromatic nitrogens is 2. The lowest BCUT2D eigenvalue weighted by Gasteiger charge is -2.34. The van der Waals surface area contributed by atoms with Crippen LogP contribution < -0.4 is 10.6 Å². The molecule has 196 valence electrons. The van der Waals surface area contributed by atoms with Gasteiger partial charge in [0.25, 0.3) is 5.91 Å². The summed E-state index contributed by atoms with van der Waals surface area (Å²) in [5.74, 6) is -2.31. The van der Waals surface area contributed by atoms with Gasteiger partial charge in [0.05, 0.1) is 24.4 Å². The molecule has 0 radical (unpaired) electrons. The maximum absolute atomic E-state index is 14.0. The van der Waals surface area contributed by atoms with Crippen molar-refractivity contribution < 1.29 is 37.7 Å². The second-order valence-corrected chi connectivity index (χ2v) is 9.93. The van der Waals surface area contributed by atoms with Crippen LogP contribution in [-0.4, -0.2) is 44.7 Å². The van der Waals surface area contributed by atoms with Gasteiger partial charge in [0.1, 0.15) is 16.4 Å². The number of anilines is 2. The van der Waals surface area contributed by atoms with Gasteiger partial charge in [0.15, 0.2) is 17.5 Å². The molecule has 0 spiro atoms. The number of nitrogens with zero attached hydrogens (tertiary/aromatic N) is 2. The molecule has 4 N–H and O–H groups in total. The number of hydrogen-bond donors (Lipinski definition) is 4. The highest BCUT2D eigenvalue weighted by atomic mass is 32.1. The zero-order valence-electron chi connectivity index (χ0n) is 19.6. The van der Waals surface area contributed by atoms with E-state index in [9.17, 15) is 33.0 Å². The van der Waals surface area contributed by atoms with E-state index in [1.807, 2.05) is 0 Å². The first-order chi connectivity index (χ1) is 17.6. The van der Waals surface area contributed by atoms with Gasteiger partial charge in [-0.15, -0.1) is 11.3 Å². The number of benzene rings is 1. The van der Waals surface area contributed by atoms with E-state index in [0.717, 1.165) is 34.2 Å². The van der Waals surface area contributed by atoms with Gasteiger partial charge in [-0.05, 0) is 49.4 Å². The van der Waals surface area contributed by atoms with E-state index in [2.05, 4.69) is 15.7 Å². The monoisotopic (exact) mass is 536 g/mol. The van der Waals surface area contributed by atoms with Crippen LogP contribution in [0, 0.1) is 0 Å². The topological polar surface area (TPSA) is 126 Å². The van der Waals surface area contributed by atoms with Crippen molar-refractivity contribution in [2.45, 2.75) is 50.9 Å². The van der Waals surface area contributed by atoms with Crippen LogP contribution in [0.25, 0.3) is 0 Å². The Morgan fingerprint density at radius 1 is 1.27 bits per heavy atom. The first-order valence-corrected chi connectivity index (χ1v) is 12.5. The molecule has 1 amide bonds. The summed E-state index contributed by atoms with van der Waals surface area (Å²) in [4.78, 5) is 26.9. The van der Waals surface area contributed by atoms with Gasteiger partial charge < -0.3 is 25.6 Å². The molecule has 3 heterocycles. The number of nitrogens with one attached hydrogen (secondary N) is 2. The number of phenolic OH excluding ortho intramolecular Hbond substituents is 2. The Bertz CT molecular complexity index is 1380. The maximum Gasteiger partial charge on any atom is 0.410 e. The number of amides is 1. The van der Waals surface area contributed by atoms with Gasteiger partial charge in [-0.25, -0.2) is 9.48 Å². The zero-order chi connectivity index (χ0) is 26.5. The molecule has 9 nitrogen and oxygen atoms in total. The molecule has 2 aliphatic rings. The number of carbonyl (C=O) groups is 2. The SMILES string of the molecule is CCOC(=O)c1c(NC(=O)c2cnn3c2NC(c2ccc(O)c(O)c2)CC3C(F)(F)F)sc2c1CCC2. The van der Waals surface area contributed by atoms with Crippen molar-refractivity contribution in [2.24, 2.45) is 0 Å². The predicted molar refractivity (Wildman–Crippen MR) is 128 cm³/mol. The van der Waals surface area contributed by atoms with E-state index in [1.54, 1.807) is 6.92 Å². The molecule has 0 saturated carbocycles. The van der Waals surface area contributed by atoms with Gasteiger partial charge in [-0.3, -0.25) is 4.79 Å². The molecular weight excluding hydrogens is 513 g/mol. The van der Waals surface area contributed by atoms with Crippen molar-refractivity contribution in [2.75, 3.05) is 17.2 Å². The van der Waals surface area contributed by atoms with Gasteiger partial charge >= 0.3 is 12.1 Å². The number of carbonyl (C=O) groups excluding carboxylic acids is 2. The van der Waals surface area contributed by atoms with Crippen LogP contribution >= 0.6 is 11.3 Å². The van der Waals surface area contributed by atoms with Crippen molar-refractivity contribution >= 4 is 34.0 Å². The number of alkyl halides is 3. The van der Waals surface area contributed by atoms with Crippen LogP contribution in [-0.2, 0) is 17.6 Å². The average molecular weight is 537 g/mol. The van der Waals surface area contributed by atoms with Crippen molar-refractivity contribution in [3.63, 3.8) is 0 Å². The number of esters is 1. The average Bonchev–Trinajstić information content (AvgIpc) is 3.54. The van der Waals surface area contributed by atoms with E-state index < -0.39 is 48.1 Å². The molecule has 13 heteroatoms. The second kappa shape index (κ2) is 9.29. The molecule has 37 heavy (non-hydrogen) atoms. The summed E-state index contributed by atoms with van der Waals surface area (Å²) >= 11 is 1.26. The van der Waals surface area contributed by atoms with Crippen LogP contribution in [0.3, 0.4) is 0 Å². The number of aromatic hydroxyl groups is 2. The van der Waals surface area contributed by atoms with E-state index >= 15 is 0 Å². The lowest BCUT2D eigenvalue weighted by Crippen LogP contribution is -2.36. The number of halogens is 3. The summed E-state index contributed by atoms with van der Waals surface area (Å²) in [6.45, 7) is 1.83. The fraction of sp³-hybridized carbons (Fsp3) is 0.375. The minimum atomic E-state index is -4.67. The Hall–Kier alpha value is -3.74. The predicted octanol–water partition coefficient (Wildman–Crippen LogP) is 4.93. The largest absolute Gasteiger partial charge is 0.504 e. The summed E-state index contributed by atoms with van der Waals surface area (Å²) in [7, 11) is 0. The lowest BCUT2D eigenvalue weighted by atomic mass is 9.96. The molecule has 1 aliphatic heterocycles. The summed E-state index contributed by atoms with van der Waals surface area (Å²) in [6.07, 6.45) is -1.74. The fourth-order valence-corrected chi connectivity index (χ4v) is 6.06. The van der Waals surface area contributed by atoms with Gasteiger partial charge in [-0.2, -0.15) is 18.3 Å². The van der Waals surface area contributed by atoms with Crippen LogP contribution in [0.15, 0.2) is 24.4 Å². The van der Waals surface area contributed by atoms with E-state index in [0.29, 0.717) is 12.0 Å². The quantitative estimate of drug-likeness (QED) is 0.269. The third kappa shape index (κ3) is 4.47. The number of phenols is 2. The van der Waals surface area contributed by atoms with E-state index in [-0.39, 0.29) is 28.6 Å². The van der Waals surface area contributed by atoms with E-state index in [1.165, 1.54) is 29.5 Å². The molecule has 0 fully saturated rings. The third-order valence-electron chi connectivity index (χ3n) is 6.51.